The number of likely N-dealkylation sites (N-methyl/N-ethyl adjacent to an activating group) is 1. The van der Waals surface area contributed by atoms with Crippen molar-refractivity contribution in [2.75, 3.05) is 47.8 Å². The lowest BCUT2D eigenvalue weighted by Crippen LogP contribution is -2.80. The first-order valence-corrected chi connectivity index (χ1v) is 12.7. The van der Waals surface area contributed by atoms with Gasteiger partial charge in [0.1, 0.15) is 18.0 Å². The average molecular weight is 450 g/mol. The molecule has 0 aromatic carbocycles. The van der Waals surface area contributed by atoms with E-state index in [0.717, 1.165) is 51.8 Å². The molecule has 7 rings (SSSR count). The Labute approximate surface area is 191 Å². The van der Waals surface area contributed by atoms with Crippen LogP contribution in [0, 0.1) is 34.5 Å². The van der Waals surface area contributed by atoms with Gasteiger partial charge in [-0.1, -0.05) is 6.92 Å². The van der Waals surface area contributed by atoms with E-state index in [2.05, 4.69) is 11.8 Å². The fourth-order valence-electron chi connectivity index (χ4n) is 11.3. The second-order valence-corrected chi connectivity index (χ2v) is 12.0. The summed E-state index contributed by atoms with van der Waals surface area (Å²) in [5.74, 6) is 1.08. The van der Waals surface area contributed by atoms with E-state index in [0.29, 0.717) is 18.6 Å². The van der Waals surface area contributed by atoms with Gasteiger partial charge in [0.25, 0.3) is 0 Å². The van der Waals surface area contributed by atoms with Crippen LogP contribution in [0.3, 0.4) is 0 Å². The van der Waals surface area contributed by atoms with Crippen molar-refractivity contribution in [3.63, 3.8) is 0 Å². The lowest BCUT2D eigenvalue weighted by Gasteiger charge is -2.70. The predicted octanol–water partition coefficient (Wildman–Crippen LogP) is 1.67. The quantitative estimate of drug-likeness (QED) is 0.685. The zero-order valence-corrected chi connectivity index (χ0v) is 19.9. The molecule has 7 bridgehead atoms. The molecule has 32 heavy (non-hydrogen) atoms. The summed E-state index contributed by atoms with van der Waals surface area (Å²) in [5, 5.41) is 11.7. The third-order valence-corrected chi connectivity index (χ3v) is 11.8. The van der Waals surface area contributed by atoms with Crippen LogP contribution in [-0.4, -0.2) is 93.4 Å². The summed E-state index contributed by atoms with van der Waals surface area (Å²) >= 11 is 0. The van der Waals surface area contributed by atoms with Crippen molar-refractivity contribution in [2.24, 2.45) is 34.5 Å². The van der Waals surface area contributed by atoms with E-state index < -0.39 is 17.3 Å². The Hall–Kier alpha value is -0.280. The topological polar surface area (TPSA) is 69.6 Å². The Bertz CT molecular complexity index is 811. The minimum absolute atomic E-state index is 0.0174. The number of nitrogens with zero attached hydrogens (tertiary/aromatic N) is 1. The predicted molar refractivity (Wildman–Crippen MR) is 115 cm³/mol. The van der Waals surface area contributed by atoms with Crippen LogP contribution >= 0.6 is 0 Å². The standard InChI is InChI=1S/C25H39NO6/c1-5-26-11-22(12-28-2)7-6-18(30-4)25-15-8-14-16(29-3)9-23(19(15)20(14)27)24(21(25)26,10-17(22)25)32-13-31-23/h14-21,27H,5-13H2,1-4H3/t14-,15-,16+,17-,18+,19-,20+,21-,22+,23-,24-,25-/m1/s1. The number of rotatable bonds is 5. The van der Waals surface area contributed by atoms with Gasteiger partial charge in [0.15, 0.2) is 0 Å². The molecule has 0 radical (unpaired) electrons. The van der Waals surface area contributed by atoms with Crippen LogP contribution in [0.2, 0.25) is 0 Å². The monoisotopic (exact) mass is 449 g/mol. The van der Waals surface area contributed by atoms with Crippen LogP contribution in [0.25, 0.3) is 0 Å². The van der Waals surface area contributed by atoms with E-state index in [-0.39, 0.29) is 40.9 Å². The van der Waals surface area contributed by atoms with Crippen LogP contribution in [0.1, 0.15) is 39.0 Å². The normalized spacial score (nSPS) is 61.8. The molecule has 7 fully saturated rings. The van der Waals surface area contributed by atoms with Crippen molar-refractivity contribution in [3.8, 4) is 0 Å². The number of hydrogen-bond donors (Lipinski definition) is 1. The fourth-order valence-corrected chi connectivity index (χ4v) is 11.3. The molecule has 0 aromatic rings. The molecule has 7 nitrogen and oxygen atoms in total. The minimum Gasteiger partial charge on any atom is -0.392 e. The van der Waals surface area contributed by atoms with Crippen LogP contribution < -0.4 is 0 Å². The smallest absolute Gasteiger partial charge is 0.148 e. The molecule has 2 heterocycles. The van der Waals surface area contributed by atoms with Crippen LogP contribution in [-0.2, 0) is 23.7 Å². The van der Waals surface area contributed by atoms with Gasteiger partial charge in [-0.2, -0.15) is 0 Å². The molecule has 0 aromatic heterocycles. The highest BCUT2D eigenvalue weighted by atomic mass is 16.7. The molecule has 5 aliphatic carbocycles. The maximum Gasteiger partial charge on any atom is 0.148 e. The fraction of sp³-hybridized carbons (Fsp3) is 1.00. The molecule has 3 spiro atoms. The number of hydrogen-bond acceptors (Lipinski definition) is 7. The van der Waals surface area contributed by atoms with Crippen molar-refractivity contribution in [2.45, 2.75) is 74.6 Å². The molecule has 180 valence electrons. The van der Waals surface area contributed by atoms with Crippen molar-refractivity contribution >= 4 is 0 Å². The van der Waals surface area contributed by atoms with E-state index in [1.54, 1.807) is 7.11 Å². The van der Waals surface area contributed by atoms with Crippen molar-refractivity contribution < 1.29 is 28.8 Å². The molecule has 0 unspecified atom stereocenters. The zero-order valence-electron chi connectivity index (χ0n) is 19.9. The molecule has 12 atom stereocenters. The average Bonchev–Trinajstić information content (AvgIpc) is 3.34. The largest absolute Gasteiger partial charge is 0.392 e. The summed E-state index contributed by atoms with van der Waals surface area (Å²) in [7, 11) is 5.56. The number of methoxy groups -OCH3 is 3. The maximum atomic E-state index is 11.7. The Kier molecular flexibility index (Phi) is 4.26. The summed E-state index contributed by atoms with van der Waals surface area (Å²) in [6.45, 7) is 5.44. The van der Waals surface area contributed by atoms with E-state index in [4.69, 9.17) is 23.7 Å². The number of piperidine rings is 1. The first-order chi connectivity index (χ1) is 15.5. The Morgan fingerprint density at radius 2 is 1.91 bits per heavy atom. The van der Waals surface area contributed by atoms with Gasteiger partial charge < -0.3 is 28.8 Å². The first-order valence-electron chi connectivity index (χ1n) is 12.7. The van der Waals surface area contributed by atoms with Gasteiger partial charge in [-0.05, 0) is 44.1 Å². The van der Waals surface area contributed by atoms with Gasteiger partial charge in [-0.15, -0.1) is 0 Å². The lowest BCUT2D eigenvalue weighted by molar-refractivity contribution is -0.285. The van der Waals surface area contributed by atoms with E-state index in [1.165, 1.54) is 0 Å². The van der Waals surface area contributed by atoms with E-state index >= 15 is 0 Å². The summed E-state index contributed by atoms with van der Waals surface area (Å²) in [4.78, 5) is 2.71. The third-order valence-electron chi connectivity index (χ3n) is 11.8. The van der Waals surface area contributed by atoms with E-state index in [1.807, 2.05) is 14.2 Å². The van der Waals surface area contributed by atoms with Crippen molar-refractivity contribution in [1.29, 1.82) is 0 Å². The molecule has 7 aliphatic rings. The van der Waals surface area contributed by atoms with Crippen molar-refractivity contribution in [3.05, 3.63) is 0 Å². The number of ether oxygens (including phenoxy) is 5. The lowest BCUT2D eigenvalue weighted by atomic mass is 9.42. The maximum absolute atomic E-state index is 11.7. The first kappa shape index (κ1) is 21.0. The molecular formula is C25H39NO6. The second-order valence-electron chi connectivity index (χ2n) is 12.0. The summed E-state index contributed by atoms with van der Waals surface area (Å²) in [6, 6.07) is 0.255. The third kappa shape index (κ3) is 1.90. The van der Waals surface area contributed by atoms with Gasteiger partial charge in [0, 0.05) is 57.0 Å². The number of likely N-dealkylation sites (tertiary alicyclic amines) is 1. The number of aliphatic hydroxyl groups excluding tert-OH is 1. The van der Waals surface area contributed by atoms with Crippen LogP contribution in [0.4, 0.5) is 0 Å². The zero-order chi connectivity index (χ0) is 22.1. The highest BCUT2D eigenvalue weighted by Gasteiger charge is 2.90. The molecule has 7 heteroatoms. The molecule has 1 N–H and O–H groups in total. The number of fused-ring (bicyclic) bond motifs is 1. The summed E-state index contributed by atoms with van der Waals surface area (Å²) in [5.41, 5.74) is -0.833. The van der Waals surface area contributed by atoms with Gasteiger partial charge in [-0.25, -0.2) is 0 Å². The van der Waals surface area contributed by atoms with Gasteiger partial charge in [0.2, 0.25) is 0 Å². The minimum atomic E-state index is -0.479. The summed E-state index contributed by atoms with van der Waals surface area (Å²) in [6.07, 6.45) is 4.80. The Morgan fingerprint density at radius 1 is 1.09 bits per heavy atom. The molecule has 2 aliphatic heterocycles. The van der Waals surface area contributed by atoms with Crippen LogP contribution in [0.15, 0.2) is 0 Å². The molecular weight excluding hydrogens is 410 g/mol. The second kappa shape index (κ2) is 6.48. The number of aliphatic hydroxyl groups is 1. The summed E-state index contributed by atoms with van der Waals surface area (Å²) < 4.78 is 31.9. The highest BCUT2D eigenvalue weighted by molar-refractivity contribution is 5.40. The Balaban J connectivity index is 1.52. The van der Waals surface area contributed by atoms with Gasteiger partial charge >= 0.3 is 0 Å². The van der Waals surface area contributed by atoms with Crippen molar-refractivity contribution in [1.82, 2.24) is 4.90 Å². The SMILES string of the molecule is CCN1C[C@]2(COC)CC[C@H](OC)[C@@]34[C@@H]5C[C@H]6[C@H](O)[C@@H]5[C@@]5(C[C@@H]6OC)OCO[C@]5(C[C@H]23)[C@@H]14. The molecule has 2 saturated heterocycles. The van der Waals surface area contributed by atoms with Crippen LogP contribution in [0.5, 0.6) is 0 Å². The van der Waals surface area contributed by atoms with E-state index in [9.17, 15) is 5.11 Å². The molecule has 0 amide bonds. The van der Waals surface area contributed by atoms with Gasteiger partial charge in [-0.3, -0.25) is 4.90 Å². The molecule has 5 saturated carbocycles. The highest BCUT2D eigenvalue weighted by Crippen LogP contribution is 2.82. The Morgan fingerprint density at radius 3 is 2.62 bits per heavy atom. The van der Waals surface area contributed by atoms with Gasteiger partial charge in [0.05, 0.1) is 31.0 Å².